The van der Waals surface area contributed by atoms with Crippen molar-refractivity contribution in [1.82, 2.24) is 4.98 Å². The van der Waals surface area contributed by atoms with Gasteiger partial charge in [0.2, 0.25) is 0 Å². The molecule has 1 nitrogen and oxygen atoms in total. The number of pyridine rings is 1. The molecule has 0 aliphatic rings. The van der Waals surface area contributed by atoms with Crippen molar-refractivity contribution in [3.8, 4) is 0 Å². The Bertz CT molecular complexity index is 523. The minimum Gasteiger partial charge on any atom is -0.236 e. The van der Waals surface area contributed by atoms with Crippen LogP contribution in [0.1, 0.15) is 30.9 Å². The van der Waals surface area contributed by atoms with Crippen molar-refractivity contribution in [2.45, 2.75) is 32.1 Å². The maximum absolute atomic E-state index is 6.03. The number of rotatable bonds is 4. The molecule has 0 bridgehead atoms. The molecule has 1 aromatic heterocycles. The number of hydrogen-bond donors (Lipinski definition) is 0. The van der Waals surface area contributed by atoms with Crippen molar-refractivity contribution >= 4 is 34.1 Å². The number of nitrogens with zero attached hydrogens (tertiary/aromatic N) is 1. The highest BCUT2D eigenvalue weighted by atomic mass is 35.5. The molecule has 0 spiro atoms. The SMILES string of the molecule is CCCCc1ccc2nc(Cl)c(CCl)cc2c1. The Morgan fingerprint density at radius 1 is 1.24 bits per heavy atom. The zero-order valence-corrected chi connectivity index (χ0v) is 11.4. The molecule has 0 fully saturated rings. The number of halogens is 2. The summed E-state index contributed by atoms with van der Waals surface area (Å²) in [6.07, 6.45) is 3.55. The van der Waals surface area contributed by atoms with Gasteiger partial charge in [0, 0.05) is 10.9 Å². The van der Waals surface area contributed by atoms with E-state index >= 15 is 0 Å². The van der Waals surface area contributed by atoms with Crippen LogP contribution in [0.15, 0.2) is 24.3 Å². The summed E-state index contributed by atoms with van der Waals surface area (Å²) in [5.41, 5.74) is 3.18. The monoisotopic (exact) mass is 267 g/mol. The molecule has 1 heterocycles. The third-order valence-corrected chi connectivity index (χ3v) is 3.48. The highest BCUT2D eigenvalue weighted by Gasteiger charge is 2.04. The highest BCUT2D eigenvalue weighted by molar-refractivity contribution is 6.31. The van der Waals surface area contributed by atoms with Crippen LogP contribution >= 0.6 is 23.2 Å². The minimum atomic E-state index is 0.404. The summed E-state index contributed by atoms with van der Waals surface area (Å²) >= 11 is 11.9. The third-order valence-electron chi connectivity index (χ3n) is 2.87. The van der Waals surface area contributed by atoms with Crippen LogP contribution in [0.5, 0.6) is 0 Å². The number of aromatic nitrogens is 1. The third kappa shape index (κ3) is 2.91. The highest BCUT2D eigenvalue weighted by Crippen LogP contribution is 2.23. The van der Waals surface area contributed by atoms with Crippen molar-refractivity contribution in [2.75, 3.05) is 0 Å². The fraction of sp³-hybridized carbons (Fsp3) is 0.357. The van der Waals surface area contributed by atoms with E-state index in [0.29, 0.717) is 11.0 Å². The van der Waals surface area contributed by atoms with Crippen LogP contribution in [-0.2, 0) is 12.3 Å². The number of hydrogen-bond acceptors (Lipinski definition) is 1. The van der Waals surface area contributed by atoms with Crippen molar-refractivity contribution in [3.05, 3.63) is 40.5 Å². The summed E-state index contributed by atoms with van der Waals surface area (Å²) in [4.78, 5) is 4.35. The molecule has 0 unspecified atom stereocenters. The van der Waals surface area contributed by atoms with Gasteiger partial charge in [-0.1, -0.05) is 31.0 Å². The summed E-state index contributed by atoms with van der Waals surface area (Å²) in [6.45, 7) is 2.20. The van der Waals surface area contributed by atoms with E-state index < -0.39 is 0 Å². The molecular formula is C14H15Cl2N. The molecule has 1 aromatic carbocycles. The lowest BCUT2D eigenvalue weighted by Crippen LogP contribution is -1.90. The molecule has 90 valence electrons. The molecule has 17 heavy (non-hydrogen) atoms. The van der Waals surface area contributed by atoms with Gasteiger partial charge in [-0.25, -0.2) is 4.98 Å². The number of fused-ring (bicyclic) bond motifs is 1. The van der Waals surface area contributed by atoms with E-state index in [1.54, 1.807) is 0 Å². The van der Waals surface area contributed by atoms with E-state index in [4.69, 9.17) is 23.2 Å². The Morgan fingerprint density at radius 3 is 2.76 bits per heavy atom. The Labute approximate surface area is 112 Å². The van der Waals surface area contributed by atoms with Crippen LogP contribution in [-0.4, -0.2) is 4.98 Å². The predicted molar refractivity (Wildman–Crippen MR) is 74.9 cm³/mol. The standard InChI is InChI=1S/C14H15Cl2N/c1-2-3-4-10-5-6-13-11(7-10)8-12(9-15)14(16)17-13/h5-8H,2-4,9H2,1H3. The van der Waals surface area contributed by atoms with Crippen LogP contribution in [0.4, 0.5) is 0 Å². The summed E-state index contributed by atoms with van der Waals surface area (Å²) in [5.74, 6) is 0.404. The van der Waals surface area contributed by atoms with Crippen LogP contribution in [0, 0.1) is 0 Å². The maximum atomic E-state index is 6.03. The predicted octanol–water partition coefficient (Wildman–Crippen LogP) is 4.97. The van der Waals surface area contributed by atoms with Gasteiger partial charge in [0.15, 0.2) is 0 Å². The molecule has 0 saturated heterocycles. The van der Waals surface area contributed by atoms with Crippen LogP contribution in [0.2, 0.25) is 5.15 Å². The van der Waals surface area contributed by atoms with Crippen molar-refractivity contribution in [2.24, 2.45) is 0 Å². The van der Waals surface area contributed by atoms with Crippen molar-refractivity contribution in [3.63, 3.8) is 0 Å². The first-order chi connectivity index (χ1) is 8.24. The lowest BCUT2D eigenvalue weighted by atomic mass is 10.1. The van der Waals surface area contributed by atoms with E-state index in [0.717, 1.165) is 22.9 Å². The summed E-state index contributed by atoms with van der Waals surface area (Å²) < 4.78 is 0. The minimum absolute atomic E-state index is 0.404. The first-order valence-corrected chi connectivity index (χ1v) is 6.80. The molecular weight excluding hydrogens is 253 g/mol. The van der Waals surface area contributed by atoms with Gasteiger partial charge in [-0.05, 0) is 36.6 Å². The van der Waals surface area contributed by atoms with Gasteiger partial charge in [-0.2, -0.15) is 0 Å². The fourth-order valence-electron chi connectivity index (χ4n) is 1.88. The average Bonchev–Trinajstić information content (AvgIpc) is 2.35. The molecule has 0 aliphatic heterocycles. The first-order valence-electron chi connectivity index (χ1n) is 5.88. The zero-order valence-electron chi connectivity index (χ0n) is 9.84. The molecule has 0 aliphatic carbocycles. The fourth-order valence-corrected chi connectivity index (χ4v) is 2.36. The second kappa shape index (κ2) is 5.70. The average molecular weight is 268 g/mol. The van der Waals surface area contributed by atoms with Crippen LogP contribution in [0.3, 0.4) is 0 Å². The topological polar surface area (TPSA) is 12.9 Å². The Morgan fingerprint density at radius 2 is 2.06 bits per heavy atom. The van der Waals surface area contributed by atoms with E-state index in [1.807, 2.05) is 12.1 Å². The van der Waals surface area contributed by atoms with Gasteiger partial charge in [-0.15, -0.1) is 11.6 Å². The number of benzene rings is 1. The van der Waals surface area contributed by atoms with Gasteiger partial charge in [0.25, 0.3) is 0 Å². The van der Waals surface area contributed by atoms with E-state index in [-0.39, 0.29) is 0 Å². The van der Waals surface area contributed by atoms with Gasteiger partial charge in [0.1, 0.15) is 5.15 Å². The van der Waals surface area contributed by atoms with Crippen molar-refractivity contribution in [1.29, 1.82) is 0 Å². The largest absolute Gasteiger partial charge is 0.236 e. The van der Waals surface area contributed by atoms with Crippen LogP contribution < -0.4 is 0 Å². The summed E-state index contributed by atoms with van der Waals surface area (Å²) in [5, 5.41) is 1.63. The zero-order chi connectivity index (χ0) is 12.3. The maximum Gasteiger partial charge on any atom is 0.134 e. The molecule has 2 aromatic rings. The Balaban J connectivity index is 2.41. The van der Waals surface area contributed by atoms with E-state index in [2.05, 4.69) is 24.0 Å². The second-order valence-corrected chi connectivity index (χ2v) is 4.83. The lowest BCUT2D eigenvalue weighted by molar-refractivity contribution is 0.796. The number of alkyl halides is 1. The Kier molecular flexibility index (Phi) is 4.25. The molecule has 2 rings (SSSR count). The van der Waals surface area contributed by atoms with Crippen molar-refractivity contribution < 1.29 is 0 Å². The molecule has 0 N–H and O–H groups in total. The smallest absolute Gasteiger partial charge is 0.134 e. The number of unbranched alkanes of at least 4 members (excludes halogenated alkanes) is 1. The molecule has 0 saturated carbocycles. The molecule has 0 atom stereocenters. The Hall–Kier alpha value is -0.790. The molecule has 3 heteroatoms. The van der Waals surface area contributed by atoms with Gasteiger partial charge < -0.3 is 0 Å². The molecule has 0 amide bonds. The number of aryl methyl sites for hydroxylation is 1. The van der Waals surface area contributed by atoms with Crippen LogP contribution in [0.25, 0.3) is 10.9 Å². The quantitative estimate of drug-likeness (QED) is 0.563. The summed E-state index contributed by atoms with van der Waals surface area (Å²) in [7, 11) is 0. The lowest BCUT2D eigenvalue weighted by Gasteiger charge is -2.05. The van der Waals surface area contributed by atoms with E-state index in [9.17, 15) is 0 Å². The van der Waals surface area contributed by atoms with Gasteiger partial charge >= 0.3 is 0 Å². The van der Waals surface area contributed by atoms with Gasteiger partial charge in [-0.3, -0.25) is 0 Å². The normalized spacial score (nSPS) is 11.0. The summed E-state index contributed by atoms with van der Waals surface area (Å²) in [6, 6.07) is 8.38. The van der Waals surface area contributed by atoms with E-state index in [1.165, 1.54) is 18.4 Å². The second-order valence-electron chi connectivity index (χ2n) is 4.20. The molecule has 0 radical (unpaired) electrons. The first kappa shape index (κ1) is 12.7. The van der Waals surface area contributed by atoms with Gasteiger partial charge in [0.05, 0.1) is 11.4 Å².